The highest BCUT2D eigenvalue weighted by atomic mass is 32.2. The van der Waals surface area contributed by atoms with Crippen LogP contribution >= 0.6 is 0 Å². The maximum Gasteiger partial charge on any atom is 0.330 e. The van der Waals surface area contributed by atoms with E-state index in [0.29, 0.717) is 30.2 Å². The highest BCUT2D eigenvalue weighted by molar-refractivity contribution is 7.89. The third-order valence-corrected chi connectivity index (χ3v) is 10.4. The number of nitrogens with one attached hydrogen (secondary N) is 2. The average Bonchev–Trinajstić information content (AvgIpc) is 3.53. The van der Waals surface area contributed by atoms with E-state index in [4.69, 9.17) is 18.9 Å². The van der Waals surface area contributed by atoms with Gasteiger partial charge in [0.15, 0.2) is 11.5 Å². The number of unbranched alkanes of at least 4 members (excludes halogenated alkanes) is 2. The van der Waals surface area contributed by atoms with Crippen LogP contribution in [0.15, 0.2) is 69.2 Å². The van der Waals surface area contributed by atoms with E-state index in [9.17, 15) is 33.2 Å². The highest BCUT2D eigenvalue weighted by Gasteiger charge is 2.37. The fraction of sp³-hybridized carbons (Fsp3) is 0.429. The van der Waals surface area contributed by atoms with Crippen molar-refractivity contribution in [1.82, 2.24) is 14.3 Å². The molecule has 1 aliphatic heterocycles. The molecule has 1 aromatic heterocycles. The molecule has 0 bridgehead atoms. The number of fused-ring (bicyclic) bond motifs is 1. The second-order valence-electron chi connectivity index (χ2n) is 12.6. The van der Waals surface area contributed by atoms with Crippen molar-refractivity contribution in [3.05, 3.63) is 96.8 Å². The molecule has 1 aliphatic rings. The first kappa shape index (κ1) is 38.4. The number of nitrogens with zero attached hydrogens (tertiary/aromatic N) is 3. The summed E-state index contributed by atoms with van der Waals surface area (Å²) in [5.41, 5.74) is -0.0329. The number of benzene rings is 3. The third kappa shape index (κ3) is 8.62. The van der Waals surface area contributed by atoms with E-state index in [1.165, 1.54) is 30.0 Å². The van der Waals surface area contributed by atoms with Crippen molar-refractivity contribution in [3.63, 3.8) is 0 Å². The predicted octanol–water partition coefficient (Wildman–Crippen LogP) is 3.37. The smallest absolute Gasteiger partial charge is 0.330 e. The van der Waals surface area contributed by atoms with Crippen molar-refractivity contribution in [2.24, 2.45) is 0 Å². The van der Waals surface area contributed by atoms with Crippen molar-refractivity contribution in [3.8, 4) is 11.5 Å². The lowest BCUT2D eigenvalue weighted by molar-refractivity contribution is -0.386. The van der Waals surface area contributed by atoms with Gasteiger partial charge in [-0.25, -0.2) is 17.9 Å². The number of aryl methyl sites for hydroxylation is 1. The topological polar surface area (TPSA) is 205 Å². The number of ether oxygens (including phenoxy) is 4. The van der Waals surface area contributed by atoms with Gasteiger partial charge in [0.05, 0.1) is 54.5 Å². The Morgan fingerprint density at radius 2 is 1.85 bits per heavy atom. The third-order valence-electron chi connectivity index (χ3n) is 8.83. The fourth-order valence-corrected chi connectivity index (χ4v) is 7.41. The number of hydrogen-bond acceptors (Lipinski definition) is 12. The summed E-state index contributed by atoms with van der Waals surface area (Å²) in [5, 5.41) is 23.4. The van der Waals surface area contributed by atoms with Crippen molar-refractivity contribution in [2.45, 2.75) is 62.5 Å². The van der Waals surface area contributed by atoms with Gasteiger partial charge in [-0.1, -0.05) is 24.3 Å². The Morgan fingerprint density at radius 1 is 1.10 bits per heavy atom. The summed E-state index contributed by atoms with van der Waals surface area (Å²) in [5.74, 6) is 0.413. The Labute approximate surface area is 300 Å². The minimum Gasteiger partial charge on any atom is -0.493 e. The molecule has 0 aliphatic carbocycles. The molecule has 3 N–H and O–H groups in total. The van der Waals surface area contributed by atoms with Crippen LogP contribution in [0.25, 0.3) is 10.8 Å². The summed E-state index contributed by atoms with van der Waals surface area (Å²) in [6.07, 6.45) is 0.860. The van der Waals surface area contributed by atoms with E-state index in [0.717, 1.165) is 11.1 Å². The number of aliphatic hydroxyl groups is 1. The van der Waals surface area contributed by atoms with E-state index < -0.39 is 51.2 Å². The molecule has 5 rings (SSSR count). The molecular weight excluding hydrogens is 698 g/mol. The Hall–Kier alpha value is -4.81. The van der Waals surface area contributed by atoms with Crippen LogP contribution < -0.4 is 30.3 Å². The molecule has 280 valence electrons. The SMILES string of the molecule is COc1cc(CO[C@H]2C[C@H](n3cc(C)c(=O)[nH]c3=O)O[C@@H]2CO)c([N+](=O)[O-])cc1OCCCCCNS(=O)(=O)c1cccc2c(N(C)C)cccc12. The highest BCUT2D eigenvalue weighted by Crippen LogP contribution is 2.37. The van der Waals surface area contributed by atoms with E-state index in [1.54, 1.807) is 25.1 Å². The molecule has 3 aromatic carbocycles. The van der Waals surface area contributed by atoms with Crippen LogP contribution in [0.1, 0.15) is 43.0 Å². The Morgan fingerprint density at radius 3 is 2.56 bits per heavy atom. The van der Waals surface area contributed by atoms with Gasteiger partial charge >= 0.3 is 5.69 Å². The Kier molecular flexibility index (Phi) is 12.3. The number of aliphatic hydroxyl groups excluding tert-OH is 1. The van der Waals surface area contributed by atoms with Crippen LogP contribution in [-0.2, 0) is 26.1 Å². The molecule has 2 heterocycles. The number of rotatable bonds is 17. The molecule has 52 heavy (non-hydrogen) atoms. The number of nitro benzene ring substituents is 1. The molecular formula is C35H43N5O11S. The van der Waals surface area contributed by atoms with E-state index in [2.05, 4.69) is 9.71 Å². The summed E-state index contributed by atoms with van der Waals surface area (Å²) < 4.78 is 53.3. The first-order chi connectivity index (χ1) is 24.8. The van der Waals surface area contributed by atoms with Crippen LogP contribution in [0, 0.1) is 17.0 Å². The number of H-pyrrole nitrogens is 1. The van der Waals surface area contributed by atoms with E-state index >= 15 is 0 Å². The van der Waals surface area contributed by atoms with Crippen LogP contribution in [-0.4, -0.2) is 81.2 Å². The molecule has 1 saturated heterocycles. The molecule has 0 unspecified atom stereocenters. The number of nitro groups is 1. The van der Waals surface area contributed by atoms with Gasteiger partial charge in [-0.05, 0) is 44.4 Å². The van der Waals surface area contributed by atoms with Crippen LogP contribution in [0.5, 0.6) is 11.5 Å². The van der Waals surface area contributed by atoms with E-state index in [-0.39, 0.29) is 53.8 Å². The second kappa shape index (κ2) is 16.7. The van der Waals surface area contributed by atoms with Gasteiger partial charge in [-0.2, -0.15) is 0 Å². The monoisotopic (exact) mass is 741 g/mol. The van der Waals surface area contributed by atoms with Crippen molar-refractivity contribution >= 4 is 32.2 Å². The molecule has 17 heteroatoms. The molecule has 0 spiro atoms. The Balaban J connectivity index is 1.15. The molecule has 0 amide bonds. The average molecular weight is 742 g/mol. The zero-order chi connectivity index (χ0) is 37.6. The number of hydrogen-bond donors (Lipinski definition) is 3. The molecule has 0 saturated carbocycles. The minimum atomic E-state index is -3.76. The van der Waals surface area contributed by atoms with Crippen LogP contribution in [0.4, 0.5) is 11.4 Å². The first-order valence-corrected chi connectivity index (χ1v) is 18.2. The summed E-state index contributed by atoms with van der Waals surface area (Å²) in [7, 11) is 1.46. The van der Waals surface area contributed by atoms with Crippen molar-refractivity contribution in [2.75, 3.05) is 45.9 Å². The van der Waals surface area contributed by atoms with Crippen molar-refractivity contribution in [1.29, 1.82) is 0 Å². The maximum absolute atomic E-state index is 13.2. The number of anilines is 1. The van der Waals surface area contributed by atoms with E-state index in [1.807, 2.05) is 37.2 Å². The number of sulfonamides is 1. The predicted molar refractivity (Wildman–Crippen MR) is 193 cm³/mol. The molecule has 4 aromatic rings. The first-order valence-electron chi connectivity index (χ1n) is 16.7. The van der Waals surface area contributed by atoms with Crippen LogP contribution in [0.2, 0.25) is 0 Å². The second-order valence-corrected chi connectivity index (χ2v) is 14.3. The van der Waals surface area contributed by atoms with Gasteiger partial charge in [0, 0.05) is 55.3 Å². The summed E-state index contributed by atoms with van der Waals surface area (Å²) >= 11 is 0. The van der Waals surface area contributed by atoms with Crippen molar-refractivity contribution < 1.29 is 37.4 Å². The summed E-state index contributed by atoms with van der Waals surface area (Å²) in [6.45, 7) is 1.32. The maximum atomic E-state index is 13.2. The standard InChI is InChI=1S/C35H43N5O11S/c1-22-19-39(35(43)37-34(22)42)33-18-30(31(20-41)51-33)50-21-23-16-28(48-4)29(17-27(23)40(44)45)49-15-7-5-6-14-36-52(46,47)32-13-9-10-24-25(32)11-8-12-26(24)38(2)3/h8-13,16-17,19,30-31,33,36,41H,5-7,14-15,18,20-21H2,1-4H3,(H,37,42,43)/t30-,31+,33+/m0/s1. The normalized spacial score (nSPS) is 17.4. The zero-order valence-electron chi connectivity index (χ0n) is 29.4. The minimum absolute atomic E-state index is 0.144. The molecule has 1 fully saturated rings. The Bertz CT molecular complexity index is 2130. The van der Waals surface area contributed by atoms with Gasteiger partial charge in [0.2, 0.25) is 10.0 Å². The van der Waals surface area contributed by atoms with Gasteiger partial charge in [0.1, 0.15) is 12.3 Å². The lowest BCUT2D eigenvalue weighted by Crippen LogP contribution is -2.33. The summed E-state index contributed by atoms with van der Waals surface area (Å²) in [4.78, 5) is 40.0. The lowest BCUT2D eigenvalue weighted by atomic mass is 10.1. The number of aromatic amines is 1. The number of aromatic nitrogens is 2. The lowest BCUT2D eigenvalue weighted by Gasteiger charge is -2.18. The van der Waals surface area contributed by atoms with Gasteiger partial charge in [0.25, 0.3) is 11.2 Å². The van der Waals surface area contributed by atoms with Crippen LogP contribution in [0.3, 0.4) is 0 Å². The largest absolute Gasteiger partial charge is 0.493 e. The molecule has 16 nitrogen and oxygen atoms in total. The van der Waals surface area contributed by atoms with Gasteiger partial charge < -0.3 is 29.0 Å². The zero-order valence-corrected chi connectivity index (χ0v) is 30.2. The quantitative estimate of drug-likeness (QED) is 0.0810. The van der Waals surface area contributed by atoms with Gasteiger partial charge in [-0.3, -0.25) is 24.5 Å². The summed E-state index contributed by atoms with van der Waals surface area (Å²) in [6, 6.07) is 13.5. The fourth-order valence-electron chi connectivity index (χ4n) is 6.12. The molecule has 3 atom stereocenters. The molecule has 0 radical (unpaired) electrons. The number of methoxy groups -OCH3 is 1. The van der Waals surface area contributed by atoms with Gasteiger partial charge in [-0.15, -0.1) is 0 Å².